The number of carbonyl (C=O) groups is 1. The largest absolute Gasteiger partial charge is 0.444 e. The summed E-state index contributed by atoms with van der Waals surface area (Å²) < 4.78 is 5.42. The van der Waals surface area contributed by atoms with Gasteiger partial charge in [-0.1, -0.05) is 6.07 Å². The van der Waals surface area contributed by atoms with Crippen molar-refractivity contribution in [3.63, 3.8) is 0 Å². The molecule has 1 aliphatic rings. The first-order valence-corrected chi connectivity index (χ1v) is 7.89. The first-order chi connectivity index (χ1) is 11.3. The number of amides is 1. The van der Waals surface area contributed by atoms with Crippen LogP contribution in [0.5, 0.6) is 0 Å². The van der Waals surface area contributed by atoms with Gasteiger partial charge in [-0.15, -0.1) is 0 Å². The Balaban J connectivity index is 1.71. The SMILES string of the molecule is CC(C)(C)OC(=O)N1Cc2ccc(Nc3ncnc(Cl)n3)cc2C1. The summed E-state index contributed by atoms with van der Waals surface area (Å²) in [6.45, 7) is 6.63. The van der Waals surface area contributed by atoms with Crippen molar-refractivity contribution < 1.29 is 9.53 Å². The lowest BCUT2D eigenvalue weighted by molar-refractivity contribution is 0.0242. The van der Waals surface area contributed by atoms with Gasteiger partial charge in [0, 0.05) is 18.8 Å². The van der Waals surface area contributed by atoms with E-state index in [1.807, 2.05) is 39.0 Å². The molecule has 1 aromatic heterocycles. The number of nitrogens with zero attached hydrogens (tertiary/aromatic N) is 4. The molecule has 1 aromatic carbocycles. The van der Waals surface area contributed by atoms with Crippen LogP contribution in [0.25, 0.3) is 0 Å². The first-order valence-electron chi connectivity index (χ1n) is 7.51. The van der Waals surface area contributed by atoms with Crippen LogP contribution in [0.1, 0.15) is 31.9 Å². The zero-order valence-electron chi connectivity index (χ0n) is 13.7. The van der Waals surface area contributed by atoms with Gasteiger partial charge < -0.3 is 10.1 Å². The van der Waals surface area contributed by atoms with Crippen molar-refractivity contribution in [2.45, 2.75) is 39.5 Å². The number of ether oxygens (including phenoxy) is 1. The second kappa shape index (κ2) is 6.24. The molecule has 0 radical (unpaired) electrons. The highest BCUT2D eigenvalue weighted by molar-refractivity contribution is 6.28. The molecule has 0 saturated heterocycles. The molecule has 2 aromatic rings. The van der Waals surface area contributed by atoms with Crippen molar-refractivity contribution in [2.75, 3.05) is 5.32 Å². The molecule has 0 atom stereocenters. The minimum atomic E-state index is -0.503. The maximum absolute atomic E-state index is 12.2. The van der Waals surface area contributed by atoms with E-state index >= 15 is 0 Å². The van der Waals surface area contributed by atoms with Gasteiger partial charge in [-0.25, -0.2) is 14.8 Å². The predicted octanol–water partition coefficient (Wildman–Crippen LogP) is 3.52. The Kier molecular flexibility index (Phi) is 4.28. The molecule has 1 aliphatic heterocycles. The number of hydrogen-bond donors (Lipinski definition) is 1. The second-order valence-electron chi connectivity index (χ2n) is 6.52. The number of nitrogens with one attached hydrogen (secondary N) is 1. The lowest BCUT2D eigenvalue weighted by atomic mass is 10.1. The minimum absolute atomic E-state index is 0.129. The monoisotopic (exact) mass is 347 g/mol. The van der Waals surface area contributed by atoms with Crippen LogP contribution in [0.15, 0.2) is 24.5 Å². The summed E-state index contributed by atoms with van der Waals surface area (Å²) >= 11 is 5.75. The molecule has 0 unspecified atom stereocenters. The summed E-state index contributed by atoms with van der Waals surface area (Å²) in [6, 6.07) is 5.86. The number of halogens is 1. The van der Waals surface area contributed by atoms with Gasteiger partial charge >= 0.3 is 6.09 Å². The molecule has 3 rings (SSSR count). The fourth-order valence-corrected chi connectivity index (χ4v) is 2.52. The lowest BCUT2D eigenvalue weighted by Gasteiger charge is -2.24. The molecule has 7 nitrogen and oxygen atoms in total. The van der Waals surface area contributed by atoms with Crippen molar-refractivity contribution in [3.05, 3.63) is 40.9 Å². The molecule has 0 bridgehead atoms. The maximum atomic E-state index is 12.2. The topological polar surface area (TPSA) is 80.2 Å². The van der Waals surface area contributed by atoms with Crippen LogP contribution in [-0.2, 0) is 17.8 Å². The summed E-state index contributed by atoms with van der Waals surface area (Å²) in [4.78, 5) is 25.6. The highest BCUT2D eigenvalue weighted by atomic mass is 35.5. The fourth-order valence-electron chi connectivity index (χ4n) is 2.39. The Hall–Kier alpha value is -2.41. The summed E-state index contributed by atoms with van der Waals surface area (Å²) in [7, 11) is 0. The van der Waals surface area contributed by atoms with Gasteiger partial charge in [-0.05, 0) is 55.6 Å². The Labute approximate surface area is 145 Å². The van der Waals surface area contributed by atoms with Crippen LogP contribution in [0.2, 0.25) is 5.28 Å². The number of benzene rings is 1. The quantitative estimate of drug-likeness (QED) is 0.895. The van der Waals surface area contributed by atoms with Crippen molar-refractivity contribution in [1.82, 2.24) is 19.9 Å². The highest BCUT2D eigenvalue weighted by Crippen LogP contribution is 2.28. The van der Waals surface area contributed by atoms with Crippen LogP contribution in [0.4, 0.5) is 16.4 Å². The third-order valence-electron chi connectivity index (χ3n) is 3.38. The molecular formula is C16H18ClN5O2. The number of hydrogen-bond acceptors (Lipinski definition) is 6. The molecule has 24 heavy (non-hydrogen) atoms. The number of aromatic nitrogens is 3. The van der Waals surface area contributed by atoms with Crippen LogP contribution in [0.3, 0.4) is 0 Å². The first kappa shape index (κ1) is 16.4. The third-order valence-corrected chi connectivity index (χ3v) is 3.56. The summed E-state index contributed by atoms with van der Waals surface area (Å²) in [5.41, 5.74) is 2.48. The Morgan fingerprint density at radius 3 is 2.71 bits per heavy atom. The van der Waals surface area contributed by atoms with Gasteiger partial charge in [0.1, 0.15) is 11.9 Å². The molecule has 1 amide bonds. The number of rotatable bonds is 2. The van der Waals surface area contributed by atoms with Crippen LogP contribution >= 0.6 is 11.6 Å². The molecular weight excluding hydrogens is 330 g/mol. The van der Waals surface area contributed by atoms with Gasteiger partial charge in [-0.2, -0.15) is 4.98 Å². The van der Waals surface area contributed by atoms with Gasteiger partial charge in [0.05, 0.1) is 0 Å². The van der Waals surface area contributed by atoms with E-state index in [1.165, 1.54) is 6.33 Å². The normalized spacial score (nSPS) is 13.6. The van der Waals surface area contributed by atoms with Crippen LogP contribution < -0.4 is 5.32 Å². The van der Waals surface area contributed by atoms with E-state index in [1.54, 1.807) is 4.90 Å². The van der Waals surface area contributed by atoms with E-state index in [9.17, 15) is 4.79 Å². The maximum Gasteiger partial charge on any atom is 0.410 e. The molecule has 2 heterocycles. The number of carbonyl (C=O) groups excluding carboxylic acids is 1. The smallest absolute Gasteiger partial charge is 0.410 e. The molecule has 126 valence electrons. The average Bonchev–Trinajstić information content (AvgIpc) is 2.89. The van der Waals surface area contributed by atoms with Gasteiger partial charge in [-0.3, -0.25) is 4.90 Å². The van der Waals surface area contributed by atoms with E-state index < -0.39 is 5.60 Å². The zero-order valence-corrected chi connectivity index (χ0v) is 14.5. The standard InChI is InChI=1S/C16H18ClN5O2/c1-16(2,3)24-15(23)22-7-10-4-5-12(6-11(10)8-22)20-14-19-9-18-13(17)21-14/h4-6,9H,7-8H2,1-3H3,(H,18,19,20,21). The van der Waals surface area contributed by atoms with Crippen molar-refractivity contribution in [1.29, 1.82) is 0 Å². The van der Waals surface area contributed by atoms with Gasteiger partial charge in [0.15, 0.2) is 0 Å². The van der Waals surface area contributed by atoms with Crippen LogP contribution in [-0.4, -0.2) is 31.5 Å². The lowest BCUT2D eigenvalue weighted by Crippen LogP contribution is -2.33. The fraction of sp³-hybridized carbons (Fsp3) is 0.375. The number of anilines is 2. The minimum Gasteiger partial charge on any atom is -0.444 e. The molecule has 8 heteroatoms. The average molecular weight is 348 g/mol. The Morgan fingerprint density at radius 1 is 1.25 bits per heavy atom. The second-order valence-corrected chi connectivity index (χ2v) is 6.86. The predicted molar refractivity (Wildman–Crippen MR) is 90.0 cm³/mol. The van der Waals surface area contributed by atoms with E-state index in [-0.39, 0.29) is 11.4 Å². The Morgan fingerprint density at radius 2 is 2.00 bits per heavy atom. The summed E-state index contributed by atoms with van der Waals surface area (Å²) in [6.07, 6.45) is 1.03. The van der Waals surface area contributed by atoms with Crippen LogP contribution in [0, 0.1) is 0 Å². The highest BCUT2D eigenvalue weighted by Gasteiger charge is 2.27. The van der Waals surface area contributed by atoms with E-state index in [0.717, 1.165) is 16.8 Å². The molecule has 0 saturated carbocycles. The zero-order chi connectivity index (χ0) is 17.3. The Bertz CT molecular complexity index is 775. The van der Waals surface area contributed by atoms with Gasteiger partial charge in [0.25, 0.3) is 0 Å². The van der Waals surface area contributed by atoms with Gasteiger partial charge in [0.2, 0.25) is 11.2 Å². The summed E-state index contributed by atoms with van der Waals surface area (Å²) in [5, 5.41) is 3.20. The molecule has 0 aliphatic carbocycles. The number of fused-ring (bicyclic) bond motifs is 1. The third kappa shape index (κ3) is 3.91. The van der Waals surface area contributed by atoms with E-state index in [2.05, 4.69) is 20.3 Å². The molecule has 0 fully saturated rings. The molecule has 1 N–H and O–H groups in total. The van der Waals surface area contributed by atoms with E-state index in [4.69, 9.17) is 16.3 Å². The van der Waals surface area contributed by atoms with Crippen molar-refractivity contribution in [2.24, 2.45) is 0 Å². The van der Waals surface area contributed by atoms with Crippen molar-refractivity contribution in [3.8, 4) is 0 Å². The van der Waals surface area contributed by atoms with E-state index in [0.29, 0.717) is 19.0 Å². The molecule has 0 spiro atoms. The van der Waals surface area contributed by atoms with Crippen molar-refractivity contribution >= 4 is 29.3 Å². The summed E-state index contributed by atoms with van der Waals surface area (Å²) in [5.74, 6) is 0.372.